The van der Waals surface area contributed by atoms with Gasteiger partial charge in [-0.15, -0.1) is 0 Å². The molecule has 0 saturated heterocycles. The van der Waals surface area contributed by atoms with Crippen molar-refractivity contribution in [3.63, 3.8) is 0 Å². The highest BCUT2D eigenvalue weighted by Crippen LogP contribution is 2.37. The predicted octanol–water partition coefficient (Wildman–Crippen LogP) is 1.07. The Hall–Kier alpha value is -1.43. The number of hydrogen-bond acceptors (Lipinski definition) is 4. The molecule has 0 spiro atoms. The van der Waals surface area contributed by atoms with E-state index in [4.69, 9.17) is 9.79 Å². The molecule has 14 heavy (non-hydrogen) atoms. The molecule has 2 N–H and O–H groups in total. The van der Waals surface area contributed by atoms with Crippen LogP contribution in [0, 0.1) is 10.1 Å². The number of phosphoric ester groups is 1. The highest BCUT2D eigenvalue weighted by atomic mass is 31.2. The number of rotatable bonds is 3. The number of hydrogen-bond donors (Lipinski definition) is 2. The normalized spacial score (nSPS) is 11.0. The van der Waals surface area contributed by atoms with Crippen LogP contribution in [0.5, 0.6) is 5.75 Å². The second-order valence-electron chi connectivity index (χ2n) is 2.33. The first-order chi connectivity index (χ1) is 6.38. The second kappa shape index (κ2) is 3.75. The lowest BCUT2D eigenvalue weighted by Gasteiger charge is -2.05. The van der Waals surface area contributed by atoms with Crippen molar-refractivity contribution in [1.82, 2.24) is 0 Å². The Morgan fingerprint density at radius 2 is 1.79 bits per heavy atom. The van der Waals surface area contributed by atoms with Gasteiger partial charge in [-0.2, -0.15) is 0 Å². The van der Waals surface area contributed by atoms with Crippen molar-refractivity contribution in [2.24, 2.45) is 0 Å². The standard InChI is InChI=1S/C6H6NO6P/c8-7(9)5-1-3-6(4-2-5)13-14(10,11)12/h1-4H,(H2,10,11,12)/i13+2. The van der Waals surface area contributed by atoms with Crippen molar-refractivity contribution in [1.29, 1.82) is 0 Å². The second-order valence-corrected chi connectivity index (χ2v) is 3.50. The Morgan fingerprint density at radius 3 is 2.14 bits per heavy atom. The van der Waals surface area contributed by atoms with Crippen molar-refractivity contribution in [2.75, 3.05) is 0 Å². The molecule has 0 heterocycles. The molecule has 0 amide bonds. The van der Waals surface area contributed by atoms with Crippen LogP contribution >= 0.6 is 7.82 Å². The highest BCUT2D eigenvalue weighted by Gasteiger charge is 2.16. The third-order valence-electron chi connectivity index (χ3n) is 1.27. The zero-order chi connectivity index (χ0) is 10.8. The number of phosphoric acid groups is 1. The fourth-order valence-corrected chi connectivity index (χ4v) is 1.16. The molecule has 0 atom stereocenters. The molecular weight excluding hydrogens is 215 g/mol. The maximum absolute atomic E-state index is 10.4. The van der Waals surface area contributed by atoms with Crippen molar-refractivity contribution >= 4 is 13.5 Å². The fourth-order valence-electron chi connectivity index (χ4n) is 0.766. The first kappa shape index (κ1) is 10.6. The van der Waals surface area contributed by atoms with Crippen LogP contribution in [0.15, 0.2) is 24.3 Å². The van der Waals surface area contributed by atoms with Crippen LogP contribution in [-0.2, 0) is 4.57 Å². The fraction of sp³-hybridized carbons (Fsp3) is 0. The summed E-state index contributed by atoms with van der Waals surface area (Å²) in [5.41, 5.74) is -0.178. The lowest BCUT2D eigenvalue weighted by atomic mass is 10.3. The smallest absolute Gasteiger partial charge is 0.404 e. The van der Waals surface area contributed by atoms with Crippen molar-refractivity contribution in [3.8, 4) is 5.75 Å². The number of nitrogens with zero attached hydrogens (tertiary/aromatic N) is 1. The van der Waals surface area contributed by atoms with Gasteiger partial charge in [0.25, 0.3) is 5.69 Å². The van der Waals surface area contributed by atoms with Gasteiger partial charge in [-0.3, -0.25) is 19.9 Å². The molecule has 1 rings (SSSR count). The molecule has 1 aromatic rings. The van der Waals surface area contributed by atoms with Crippen LogP contribution in [-0.4, -0.2) is 14.7 Å². The van der Waals surface area contributed by atoms with Gasteiger partial charge in [-0.25, -0.2) is 4.57 Å². The van der Waals surface area contributed by atoms with E-state index in [0.717, 1.165) is 24.3 Å². The Kier molecular flexibility index (Phi) is 2.85. The summed E-state index contributed by atoms with van der Waals surface area (Å²) in [6.07, 6.45) is 0. The third kappa shape index (κ3) is 3.14. The van der Waals surface area contributed by atoms with E-state index in [-0.39, 0.29) is 11.4 Å². The molecule has 0 aliphatic carbocycles. The lowest BCUT2D eigenvalue weighted by Crippen LogP contribution is -1.91. The van der Waals surface area contributed by atoms with Crippen LogP contribution in [0.3, 0.4) is 0 Å². The van der Waals surface area contributed by atoms with Gasteiger partial charge in [-0.05, 0) is 12.1 Å². The zero-order valence-electron chi connectivity index (χ0n) is 6.73. The summed E-state index contributed by atoms with van der Waals surface area (Å²) >= 11 is 0. The maximum atomic E-state index is 10.4. The van der Waals surface area contributed by atoms with E-state index in [1.807, 2.05) is 0 Å². The minimum absolute atomic E-state index is 0.121. The molecular formula is C6H6NO6P. The van der Waals surface area contributed by atoms with Crippen molar-refractivity contribution in [2.45, 2.75) is 0 Å². The molecule has 7 nitrogen and oxygen atoms in total. The summed E-state index contributed by atoms with van der Waals surface area (Å²) < 4.78 is 14.5. The van der Waals surface area contributed by atoms with Crippen LogP contribution in [0.2, 0.25) is 0 Å². The average molecular weight is 221 g/mol. The van der Waals surface area contributed by atoms with Gasteiger partial charge in [-0.1, -0.05) is 0 Å². The third-order valence-corrected chi connectivity index (χ3v) is 1.72. The molecule has 0 saturated carbocycles. The lowest BCUT2D eigenvalue weighted by molar-refractivity contribution is -0.384. The summed E-state index contributed by atoms with van der Waals surface area (Å²) in [7, 11) is -4.60. The minimum Gasteiger partial charge on any atom is -0.404 e. The van der Waals surface area contributed by atoms with E-state index < -0.39 is 12.7 Å². The molecule has 0 aromatic heterocycles. The number of benzene rings is 1. The summed E-state index contributed by atoms with van der Waals surface area (Å²) in [6.45, 7) is 0. The molecule has 0 fully saturated rings. The first-order valence-electron chi connectivity index (χ1n) is 3.38. The number of nitro groups is 1. The van der Waals surface area contributed by atoms with Gasteiger partial charge in [0.15, 0.2) is 0 Å². The van der Waals surface area contributed by atoms with Gasteiger partial charge in [0.2, 0.25) is 0 Å². The SMILES string of the molecule is O=[N+]([O-])c1ccc([18O]P(=O)(O)O)cc1. The minimum atomic E-state index is -4.60. The largest absolute Gasteiger partial charge is 0.524 e. The molecule has 1 aromatic carbocycles. The summed E-state index contributed by atoms with van der Waals surface area (Å²) in [4.78, 5) is 26.4. The van der Waals surface area contributed by atoms with E-state index >= 15 is 0 Å². The van der Waals surface area contributed by atoms with Crippen molar-refractivity contribution in [3.05, 3.63) is 34.4 Å². The Balaban J connectivity index is 2.84. The van der Waals surface area contributed by atoms with Gasteiger partial charge in [0.1, 0.15) is 5.75 Å². The highest BCUT2D eigenvalue weighted by molar-refractivity contribution is 7.46. The molecule has 8 heteroatoms. The zero-order valence-corrected chi connectivity index (χ0v) is 7.63. The first-order valence-corrected chi connectivity index (χ1v) is 4.91. The van der Waals surface area contributed by atoms with E-state index in [2.05, 4.69) is 4.52 Å². The van der Waals surface area contributed by atoms with E-state index in [1.165, 1.54) is 0 Å². The quantitative estimate of drug-likeness (QED) is 0.342. The number of non-ortho nitro benzene ring substituents is 1. The summed E-state index contributed by atoms with van der Waals surface area (Å²) in [5, 5.41) is 10.2. The molecule has 0 aliphatic heterocycles. The van der Waals surface area contributed by atoms with Crippen LogP contribution < -0.4 is 4.52 Å². The summed E-state index contributed by atoms with van der Waals surface area (Å²) in [6, 6.07) is 4.39. The van der Waals surface area contributed by atoms with Crippen molar-refractivity contribution < 1.29 is 23.8 Å². The summed E-state index contributed by atoms with van der Waals surface area (Å²) in [5.74, 6) is -0.121. The van der Waals surface area contributed by atoms with Crippen LogP contribution in [0.4, 0.5) is 5.69 Å². The number of nitro benzene ring substituents is 1. The Morgan fingerprint density at radius 1 is 1.29 bits per heavy atom. The van der Waals surface area contributed by atoms with E-state index in [1.54, 1.807) is 0 Å². The predicted molar refractivity (Wildman–Crippen MR) is 45.8 cm³/mol. The molecule has 0 radical (unpaired) electrons. The molecule has 0 bridgehead atoms. The average Bonchev–Trinajstić information content (AvgIpc) is 2.02. The van der Waals surface area contributed by atoms with Crippen LogP contribution in [0.1, 0.15) is 0 Å². The Bertz CT molecular complexity index is 382. The van der Waals surface area contributed by atoms with E-state index in [9.17, 15) is 14.7 Å². The molecule has 0 unspecified atom stereocenters. The Labute approximate surface area is 78.3 Å². The van der Waals surface area contributed by atoms with Gasteiger partial charge in [0, 0.05) is 12.1 Å². The molecule has 76 valence electrons. The van der Waals surface area contributed by atoms with Gasteiger partial charge >= 0.3 is 7.82 Å². The van der Waals surface area contributed by atoms with Gasteiger partial charge in [0.05, 0.1) is 4.92 Å². The van der Waals surface area contributed by atoms with Gasteiger partial charge < -0.3 is 4.52 Å². The van der Waals surface area contributed by atoms with E-state index in [0.29, 0.717) is 0 Å². The maximum Gasteiger partial charge on any atom is 0.524 e. The topological polar surface area (TPSA) is 110 Å². The monoisotopic (exact) mass is 221 g/mol. The molecule has 0 aliphatic rings. The van der Waals surface area contributed by atoms with Crippen LogP contribution in [0.25, 0.3) is 0 Å².